The third-order valence-electron chi connectivity index (χ3n) is 5.74. The van der Waals surface area contributed by atoms with Crippen molar-refractivity contribution in [1.82, 2.24) is 4.72 Å². The molecule has 1 N–H and O–H groups in total. The lowest BCUT2D eigenvalue weighted by molar-refractivity contribution is -0.175. The maximum absolute atomic E-state index is 13.3. The molecular weight excluding hydrogens is 490 g/mol. The molecule has 0 unspecified atom stereocenters. The third-order valence-corrected chi connectivity index (χ3v) is 7.20. The first kappa shape index (κ1) is 26.5. The van der Waals surface area contributed by atoms with E-state index in [9.17, 15) is 13.2 Å². The van der Waals surface area contributed by atoms with Crippen molar-refractivity contribution < 1.29 is 41.6 Å². The highest BCUT2D eigenvalue weighted by atomic mass is 32.2. The van der Waals surface area contributed by atoms with Crippen molar-refractivity contribution in [2.24, 2.45) is 0 Å². The summed E-state index contributed by atoms with van der Waals surface area (Å²) in [6, 6.07) is 13.5. The van der Waals surface area contributed by atoms with Gasteiger partial charge in [-0.2, -0.15) is 4.72 Å². The van der Waals surface area contributed by atoms with Gasteiger partial charge in [0.1, 0.15) is 35.9 Å². The molecule has 0 aromatic heterocycles. The van der Waals surface area contributed by atoms with Gasteiger partial charge in [-0.1, -0.05) is 18.2 Å². The second kappa shape index (κ2) is 10.1. The van der Waals surface area contributed by atoms with Gasteiger partial charge >= 0.3 is 5.97 Å². The molecule has 2 aromatic rings. The monoisotopic (exact) mass is 521 g/mol. The average Bonchev–Trinajstić information content (AvgIpc) is 3.35. The Balaban J connectivity index is 1.55. The summed E-state index contributed by atoms with van der Waals surface area (Å²) < 4.78 is 63.2. The Hall–Kier alpha value is -2.54. The molecule has 2 fully saturated rings. The maximum atomic E-state index is 13.3. The number of hydrogen-bond acceptors (Lipinski definition) is 9. The van der Waals surface area contributed by atoms with Crippen LogP contribution in [0.3, 0.4) is 0 Å². The molecule has 0 radical (unpaired) electrons. The number of rotatable bonds is 8. The summed E-state index contributed by atoms with van der Waals surface area (Å²) in [5.74, 6) is -1.70. The van der Waals surface area contributed by atoms with E-state index in [0.29, 0.717) is 11.5 Å². The Labute approximate surface area is 210 Å². The number of carbonyl (C=O) groups is 1. The Morgan fingerprint density at radius 3 is 2.17 bits per heavy atom. The molecule has 2 aliphatic rings. The molecule has 10 nitrogen and oxygen atoms in total. The summed E-state index contributed by atoms with van der Waals surface area (Å²) in [5, 5.41) is 0. The van der Waals surface area contributed by atoms with Crippen LogP contribution in [0, 0.1) is 0 Å². The number of hydrogen-bond donors (Lipinski definition) is 1. The number of para-hydroxylation sites is 1. The quantitative estimate of drug-likeness (QED) is 0.523. The van der Waals surface area contributed by atoms with Gasteiger partial charge in [0.05, 0.1) is 18.6 Å². The minimum atomic E-state index is -4.16. The molecule has 4 rings (SSSR count). The van der Waals surface area contributed by atoms with Crippen LogP contribution in [0.2, 0.25) is 0 Å². The maximum Gasteiger partial charge on any atom is 0.326 e. The van der Waals surface area contributed by atoms with Crippen LogP contribution in [0.15, 0.2) is 59.5 Å². The number of benzene rings is 2. The molecule has 2 heterocycles. The molecule has 0 saturated carbocycles. The Morgan fingerprint density at radius 2 is 1.58 bits per heavy atom. The summed E-state index contributed by atoms with van der Waals surface area (Å²) in [5.41, 5.74) is 0. The third kappa shape index (κ3) is 6.05. The SMILES string of the molecule is COC(=O)[C@H](NS(=O)(=O)c1ccc(Oc2ccccc2)cc1)[C@H]1OC(C)(C)O[C@@H]1[C@@H]1COC(C)(C)O1. The second-order valence-corrected chi connectivity index (χ2v) is 11.2. The lowest BCUT2D eigenvalue weighted by atomic mass is 10.0. The predicted molar refractivity (Wildman–Crippen MR) is 128 cm³/mol. The summed E-state index contributed by atoms with van der Waals surface area (Å²) in [6.07, 6.45) is -2.42. The summed E-state index contributed by atoms with van der Waals surface area (Å²) in [7, 11) is -2.99. The average molecular weight is 522 g/mol. The molecule has 0 bridgehead atoms. The van der Waals surface area contributed by atoms with Gasteiger partial charge < -0.3 is 28.4 Å². The van der Waals surface area contributed by atoms with Gasteiger partial charge in [0.25, 0.3) is 0 Å². The van der Waals surface area contributed by atoms with E-state index in [1.54, 1.807) is 39.8 Å². The number of ether oxygens (including phenoxy) is 6. The van der Waals surface area contributed by atoms with Crippen molar-refractivity contribution in [3.05, 3.63) is 54.6 Å². The lowest BCUT2D eigenvalue weighted by Gasteiger charge is -2.28. The zero-order valence-electron chi connectivity index (χ0n) is 20.8. The van der Waals surface area contributed by atoms with E-state index in [1.807, 2.05) is 18.2 Å². The highest BCUT2D eigenvalue weighted by Gasteiger charge is 2.54. The van der Waals surface area contributed by atoms with Crippen molar-refractivity contribution in [3.8, 4) is 11.5 Å². The molecule has 36 heavy (non-hydrogen) atoms. The minimum Gasteiger partial charge on any atom is -0.468 e. The fourth-order valence-electron chi connectivity index (χ4n) is 4.16. The van der Waals surface area contributed by atoms with Crippen LogP contribution in [0.25, 0.3) is 0 Å². The van der Waals surface area contributed by atoms with Gasteiger partial charge in [-0.05, 0) is 64.1 Å². The second-order valence-electron chi connectivity index (χ2n) is 9.44. The molecule has 196 valence electrons. The molecule has 11 heteroatoms. The topological polar surface area (TPSA) is 119 Å². The van der Waals surface area contributed by atoms with Gasteiger partial charge in [0.15, 0.2) is 11.6 Å². The number of sulfonamides is 1. The van der Waals surface area contributed by atoms with E-state index in [2.05, 4.69) is 4.72 Å². The van der Waals surface area contributed by atoms with Gasteiger partial charge in [-0.3, -0.25) is 4.79 Å². The van der Waals surface area contributed by atoms with E-state index in [0.717, 1.165) is 0 Å². The van der Waals surface area contributed by atoms with Crippen LogP contribution < -0.4 is 9.46 Å². The summed E-state index contributed by atoms with van der Waals surface area (Å²) in [6.45, 7) is 7.06. The first-order valence-corrected chi connectivity index (χ1v) is 13.0. The van der Waals surface area contributed by atoms with E-state index in [-0.39, 0.29) is 11.5 Å². The van der Waals surface area contributed by atoms with E-state index in [1.165, 1.54) is 31.4 Å². The van der Waals surface area contributed by atoms with Gasteiger partial charge in [-0.15, -0.1) is 0 Å². The Morgan fingerprint density at radius 1 is 0.944 bits per heavy atom. The zero-order valence-corrected chi connectivity index (χ0v) is 21.6. The first-order valence-electron chi connectivity index (χ1n) is 11.5. The molecule has 2 aliphatic heterocycles. The van der Waals surface area contributed by atoms with Gasteiger partial charge in [0, 0.05) is 0 Å². The van der Waals surface area contributed by atoms with Crippen molar-refractivity contribution in [2.45, 2.75) is 68.5 Å². The Kier molecular flexibility index (Phi) is 7.42. The van der Waals surface area contributed by atoms with Crippen molar-refractivity contribution >= 4 is 16.0 Å². The van der Waals surface area contributed by atoms with Crippen LogP contribution in [-0.4, -0.2) is 64.0 Å². The largest absolute Gasteiger partial charge is 0.468 e. The normalized spacial score (nSPS) is 25.9. The van der Waals surface area contributed by atoms with Gasteiger partial charge in [-0.25, -0.2) is 8.42 Å². The molecule has 0 spiro atoms. The Bertz CT molecular complexity index is 1170. The smallest absolute Gasteiger partial charge is 0.326 e. The summed E-state index contributed by atoms with van der Waals surface area (Å²) in [4.78, 5) is 12.7. The molecule has 0 amide bonds. The minimum absolute atomic E-state index is 0.0619. The fraction of sp³-hybridized carbons (Fsp3) is 0.480. The number of nitrogens with one attached hydrogen (secondary N) is 1. The lowest BCUT2D eigenvalue weighted by Crippen LogP contribution is -2.55. The zero-order chi connectivity index (χ0) is 26.1. The van der Waals surface area contributed by atoms with Crippen LogP contribution in [0.4, 0.5) is 0 Å². The first-order chi connectivity index (χ1) is 16.9. The highest BCUT2D eigenvalue weighted by Crippen LogP contribution is 2.37. The molecule has 2 aromatic carbocycles. The van der Waals surface area contributed by atoms with Crippen molar-refractivity contribution in [2.75, 3.05) is 13.7 Å². The van der Waals surface area contributed by atoms with E-state index in [4.69, 9.17) is 28.4 Å². The molecule has 4 atom stereocenters. The van der Waals surface area contributed by atoms with Crippen LogP contribution in [0.1, 0.15) is 27.7 Å². The summed E-state index contributed by atoms with van der Waals surface area (Å²) >= 11 is 0. The van der Waals surface area contributed by atoms with Gasteiger partial charge in [0.2, 0.25) is 10.0 Å². The standard InChI is InChI=1S/C25H31NO9S/c1-24(2)31-15-19(33-24)21-22(35-25(3,4)34-21)20(23(27)30-5)26-36(28,29)18-13-11-17(12-14-18)32-16-9-7-6-8-10-16/h6-14,19-22,26H,15H2,1-5H3/t19-,20+,21+,22+/m0/s1. The number of methoxy groups -OCH3 is 1. The van der Waals surface area contributed by atoms with Crippen LogP contribution >= 0.6 is 0 Å². The highest BCUT2D eigenvalue weighted by molar-refractivity contribution is 7.89. The molecule has 2 saturated heterocycles. The van der Waals surface area contributed by atoms with E-state index >= 15 is 0 Å². The van der Waals surface area contributed by atoms with Crippen LogP contribution in [-0.2, 0) is 38.5 Å². The van der Waals surface area contributed by atoms with Crippen molar-refractivity contribution in [3.63, 3.8) is 0 Å². The van der Waals surface area contributed by atoms with Crippen LogP contribution in [0.5, 0.6) is 11.5 Å². The van der Waals surface area contributed by atoms with E-state index < -0.39 is 51.9 Å². The fourth-order valence-corrected chi connectivity index (χ4v) is 5.36. The van der Waals surface area contributed by atoms with Crippen molar-refractivity contribution in [1.29, 1.82) is 0 Å². The number of esters is 1. The molecule has 0 aliphatic carbocycles. The number of carbonyl (C=O) groups excluding carboxylic acids is 1. The molecular formula is C25H31NO9S. The predicted octanol–water partition coefficient (Wildman–Crippen LogP) is 2.97.